The Morgan fingerprint density at radius 2 is 2.09 bits per heavy atom. The highest BCUT2D eigenvalue weighted by Crippen LogP contribution is 2.37. The molecule has 2 N–H and O–H groups in total. The van der Waals surface area contributed by atoms with E-state index in [-0.39, 0.29) is 5.91 Å². The second-order valence-corrected chi connectivity index (χ2v) is 5.84. The van der Waals surface area contributed by atoms with Crippen LogP contribution in [0.2, 0.25) is 0 Å². The molecule has 0 saturated heterocycles. The molecule has 0 bridgehead atoms. The van der Waals surface area contributed by atoms with Crippen molar-refractivity contribution < 1.29 is 4.79 Å². The van der Waals surface area contributed by atoms with Crippen LogP contribution in [0, 0.1) is 0 Å². The van der Waals surface area contributed by atoms with Crippen LogP contribution in [-0.4, -0.2) is 10.9 Å². The molecule has 1 aliphatic rings. The quantitative estimate of drug-likeness (QED) is 0.748. The lowest BCUT2D eigenvalue weighted by Crippen LogP contribution is -2.12. The number of carbonyl (C=O) groups is 1. The van der Waals surface area contributed by atoms with Crippen molar-refractivity contribution in [1.82, 2.24) is 4.98 Å². The van der Waals surface area contributed by atoms with Crippen molar-refractivity contribution in [1.29, 1.82) is 0 Å². The third-order valence-electron chi connectivity index (χ3n) is 4.25. The molecule has 1 amide bonds. The number of aromatic amines is 1. The molecular formula is C19H17N3O. The van der Waals surface area contributed by atoms with E-state index in [0.717, 1.165) is 34.7 Å². The number of benzene rings is 2. The van der Waals surface area contributed by atoms with Gasteiger partial charge in [0, 0.05) is 47.8 Å². The first-order valence-corrected chi connectivity index (χ1v) is 7.56. The van der Waals surface area contributed by atoms with E-state index in [1.54, 1.807) is 0 Å². The minimum absolute atomic E-state index is 0.0670. The molecule has 0 fully saturated rings. The third-order valence-corrected chi connectivity index (χ3v) is 4.25. The number of amides is 1. The summed E-state index contributed by atoms with van der Waals surface area (Å²) in [6.45, 7) is 6.55. The Hall–Kier alpha value is -3.01. The fourth-order valence-corrected chi connectivity index (χ4v) is 3.13. The van der Waals surface area contributed by atoms with Gasteiger partial charge in [0.2, 0.25) is 5.91 Å². The van der Waals surface area contributed by atoms with Gasteiger partial charge in [-0.15, -0.1) is 0 Å². The van der Waals surface area contributed by atoms with Gasteiger partial charge in [0.05, 0.1) is 0 Å². The second-order valence-electron chi connectivity index (χ2n) is 5.84. The van der Waals surface area contributed by atoms with E-state index in [9.17, 15) is 4.79 Å². The molecule has 0 aliphatic carbocycles. The molecule has 4 nitrogen and oxygen atoms in total. The van der Waals surface area contributed by atoms with Crippen LogP contribution in [0.4, 0.5) is 11.4 Å². The summed E-state index contributed by atoms with van der Waals surface area (Å²) in [6.07, 6.45) is 1.95. The standard InChI is InChI=1S/C19H17N3O/c1-12-18-9-16(21-13(2)23)5-3-15(18)11-22(12)17-6-4-14-7-8-20-19(14)10-17/h3-10,20H,1,11H2,2H3,(H,21,23). The Balaban J connectivity index is 1.69. The van der Waals surface area contributed by atoms with Crippen LogP contribution in [0.25, 0.3) is 16.6 Å². The molecule has 4 heteroatoms. The summed E-state index contributed by atoms with van der Waals surface area (Å²) < 4.78 is 0. The van der Waals surface area contributed by atoms with E-state index >= 15 is 0 Å². The number of anilines is 2. The summed E-state index contributed by atoms with van der Waals surface area (Å²) in [5.74, 6) is -0.0670. The number of nitrogens with zero attached hydrogens (tertiary/aromatic N) is 1. The lowest BCUT2D eigenvalue weighted by molar-refractivity contribution is -0.114. The molecule has 1 aliphatic heterocycles. The highest BCUT2D eigenvalue weighted by Gasteiger charge is 2.24. The maximum Gasteiger partial charge on any atom is 0.221 e. The predicted octanol–water partition coefficient (Wildman–Crippen LogP) is 4.12. The summed E-state index contributed by atoms with van der Waals surface area (Å²) in [5, 5.41) is 4.02. The van der Waals surface area contributed by atoms with E-state index in [1.165, 1.54) is 17.9 Å². The average molecular weight is 303 g/mol. The van der Waals surface area contributed by atoms with Crippen LogP contribution < -0.4 is 10.2 Å². The van der Waals surface area contributed by atoms with Gasteiger partial charge in [0.15, 0.2) is 0 Å². The van der Waals surface area contributed by atoms with Crippen molar-refractivity contribution in [3.8, 4) is 0 Å². The van der Waals surface area contributed by atoms with Gasteiger partial charge in [-0.05, 0) is 41.3 Å². The van der Waals surface area contributed by atoms with Crippen molar-refractivity contribution in [3.63, 3.8) is 0 Å². The van der Waals surface area contributed by atoms with Gasteiger partial charge in [0.25, 0.3) is 0 Å². The molecule has 0 unspecified atom stereocenters. The van der Waals surface area contributed by atoms with E-state index in [0.29, 0.717) is 0 Å². The topological polar surface area (TPSA) is 48.1 Å². The zero-order valence-electron chi connectivity index (χ0n) is 12.9. The van der Waals surface area contributed by atoms with Crippen LogP contribution in [0.15, 0.2) is 55.2 Å². The van der Waals surface area contributed by atoms with E-state index in [1.807, 2.05) is 18.3 Å². The lowest BCUT2D eigenvalue weighted by Gasteiger charge is -2.19. The molecule has 3 aromatic rings. The molecule has 23 heavy (non-hydrogen) atoms. The minimum atomic E-state index is -0.0670. The molecule has 114 valence electrons. The Morgan fingerprint density at radius 3 is 2.91 bits per heavy atom. The number of hydrogen-bond donors (Lipinski definition) is 2. The fraction of sp³-hybridized carbons (Fsp3) is 0.105. The smallest absolute Gasteiger partial charge is 0.221 e. The molecule has 0 radical (unpaired) electrons. The minimum Gasteiger partial charge on any atom is -0.361 e. The van der Waals surface area contributed by atoms with E-state index in [4.69, 9.17) is 0 Å². The monoisotopic (exact) mass is 303 g/mol. The van der Waals surface area contributed by atoms with E-state index < -0.39 is 0 Å². The van der Waals surface area contributed by atoms with E-state index in [2.05, 4.69) is 52.1 Å². The fourth-order valence-electron chi connectivity index (χ4n) is 3.13. The van der Waals surface area contributed by atoms with Gasteiger partial charge >= 0.3 is 0 Å². The summed E-state index contributed by atoms with van der Waals surface area (Å²) in [7, 11) is 0. The molecule has 4 rings (SSSR count). The second kappa shape index (κ2) is 5.02. The molecule has 2 heterocycles. The van der Waals surface area contributed by atoms with Crippen molar-refractivity contribution in [3.05, 3.63) is 66.4 Å². The maximum absolute atomic E-state index is 11.2. The molecular weight excluding hydrogens is 286 g/mol. The number of hydrogen-bond acceptors (Lipinski definition) is 2. The molecule has 1 aromatic heterocycles. The van der Waals surface area contributed by atoms with Crippen LogP contribution in [0.5, 0.6) is 0 Å². The van der Waals surface area contributed by atoms with Crippen molar-refractivity contribution >= 4 is 33.9 Å². The SMILES string of the molecule is C=C1c2cc(NC(C)=O)ccc2CN1c1ccc2cc[nH]c2c1. The normalized spacial score (nSPS) is 13.4. The zero-order valence-corrected chi connectivity index (χ0v) is 12.9. The van der Waals surface area contributed by atoms with Gasteiger partial charge in [0.1, 0.15) is 0 Å². The predicted molar refractivity (Wildman–Crippen MR) is 94.3 cm³/mol. The van der Waals surface area contributed by atoms with Crippen LogP contribution >= 0.6 is 0 Å². The largest absolute Gasteiger partial charge is 0.361 e. The number of rotatable bonds is 2. The van der Waals surface area contributed by atoms with Gasteiger partial charge in [-0.3, -0.25) is 4.79 Å². The summed E-state index contributed by atoms with van der Waals surface area (Å²) >= 11 is 0. The molecule has 0 spiro atoms. The number of H-pyrrole nitrogens is 1. The van der Waals surface area contributed by atoms with Crippen LogP contribution in [0.3, 0.4) is 0 Å². The number of carbonyl (C=O) groups excluding carboxylic acids is 1. The third kappa shape index (κ3) is 2.28. The van der Waals surface area contributed by atoms with Gasteiger partial charge in [-0.2, -0.15) is 0 Å². The first kappa shape index (κ1) is 13.6. The Morgan fingerprint density at radius 1 is 1.22 bits per heavy atom. The number of nitrogens with one attached hydrogen (secondary N) is 2. The van der Waals surface area contributed by atoms with Crippen LogP contribution in [-0.2, 0) is 11.3 Å². The Bertz CT molecular complexity index is 939. The Kier molecular flexibility index (Phi) is 2.98. The highest BCUT2D eigenvalue weighted by atomic mass is 16.1. The highest BCUT2D eigenvalue weighted by molar-refractivity contribution is 5.92. The first-order valence-electron chi connectivity index (χ1n) is 7.56. The van der Waals surface area contributed by atoms with Crippen molar-refractivity contribution in [2.24, 2.45) is 0 Å². The first-order chi connectivity index (χ1) is 11.1. The molecule has 0 atom stereocenters. The number of aromatic nitrogens is 1. The van der Waals surface area contributed by atoms with Gasteiger partial charge < -0.3 is 15.2 Å². The lowest BCUT2D eigenvalue weighted by atomic mass is 10.1. The van der Waals surface area contributed by atoms with Gasteiger partial charge in [-0.1, -0.05) is 18.7 Å². The molecule has 2 aromatic carbocycles. The van der Waals surface area contributed by atoms with Gasteiger partial charge in [-0.25, -0.2) is 0 Å². The Labute approximate surface area is 134 Å². The summed E-state index contributed by atoms with van der Waals surface area (Å²) in [4.78, 5) is 16.7. The maximum atomic E-state index is 11.2. The summed E-state index contributed by atoms with van der Waals surface area (Å²) in [6, 6.07) is 14.4. The average Bonchev–Trinajstić information content (AvgIpc) is 3.11. The van der Waals surface area contributed by atoms with Crippen molar-refractivity contribution in [2.45, 2.75) is 13.5 Å². The van der Waals surface area contributed by atoms with Crippen LogP contribution in [0.1, 0.15) is 18.1 Å². The molecule has 0 saturated carbocycles. The summed E-state index contributed by atoms with van der Waals surface area (Å²) in [5.41, 5.74) is 6.29. The number of fused-ring (bicyclic) bond motifs is 2. The zero-order chi connectivity index (χ0) is 16.0. The van der Waals surface area contributed by atoms with Crippen molar-refractivity contribution in [2.75, 3.05) is 10.2 Å².